The van der Waals surface area contributed by atoms with Crippen LogP contribution >= 0.6 is 0 Å². The maximum absolute atomic E-state index is 13.6. The number of hydrogen-bond acceptors (Lipinski definition) is 18. The van der Waals surface area contributed by atoms with Gasteiger partial charge in [-0.2, -0.15) is 31.6 Å². The lowest BCUT2D eigenvalue weighted by atomic mass is 10.1. The zero-order valence-electron chi connectivity index (χ0n) is 57.3. The molecule has 0 saturated carbocycles. The van der Waals surface area contributed by atoms with Gasteiger partial charge in [0.2, 0.25) is 5.82 Å². The summed E-state index contributed by atoms with van der Waals surface area (Å²) >= 11 is 0. The van der Waals surface area contributed by atoms with Gasteiger partial charge in [-0.25, -0.2) is 67.9 Å². The number of aromatic nitrogens is 2. The van der Waals surface area contributed by atoms with Crippen LogP contribution in [0, 0.1) is 171 Å². The molecule has 548 valence electrons. The molecule has 4 heterocycles. The van der Waals surface area contributed by atoms with Gasteiger partial charge in [-0.05, 0) is 111 Å². The van der Waals surface area contributed by atoms with E-state index in [1.54, 1.807) is 67.6 Å². The zero-order chi connectivity index (χ0) is 78.2. The quantitative estimate of drug-likeness (QED) is 0.0776. The lowest BCUT2D eigenvalue weighted by Crippen LogP contribution is -2.25. The van der Waals surface area contributed by atoms with Crippen molar-refractivity contribution < 1.29 is 95.8 Å². The summed E-state index contributed by atoms with van der Waals surface area (Å²) in [5.41, 5.74) is 1.39. The average molecular weight is 1480 g/mol. The van der Waals surface area contributed by atoms with Crippen LogP contribution in [0.15, 0.2) is 140 Å². The smallest absolute Gasteiger partial charge is 0.343 e. The first-order valence-corrected chi connectivity index (χ1v) is 31.8. The number of nitriles is 6. The molecule has 0 amide bonds. The van der Waals surface area contributed by atoms with E-state index < -0.39 is 117 Å². The number of carbonyl (C=O) groups excluding carboxylic acids is 2. The van der Waals surface area contributed by atoms with Crippen LogP contribution in [0.25, 0.3) is 11.1 Å². The van der Waals surface area contributed by atoms with Crippen LogP contribution in [-0.4, -0.2) is 61.5 Å². The first kappa shape index (κ1) is 82.0. The molecule has 3 aliphatic rings. The molecular weight excluding hydrogens is 1420 g/mol. The van der Waals surface area contributed by atoms with Crippen molar-refractivity contribution in [2.24, 2.45) is 17.8 Å². The average Bonchev–Trinajstić information content (AvgIpc) is 0.827. The van der Waals surface area contributed by atoms with Crippen LogP contribution in [0.1, 0.15) is 127 Å². The number of ether oxygens (including phenoxy) is 8. The van der Waals surface area contributed by atoms with Gasteiger partial charge in [0, 0.05) is 70.6 Å². The SMILES string of the molecule is CC1COC(c2cc(F)c(C#N)c(F)c2)OC1.CC1COC(c2cc(F)c(C#N)c(F)c2)OC1.CC1COC(c2cc(F)c(C#N)c(F)c2)OC1.Cc1cc(F)c(-c2cnc(C#N)nc2)c(F)c1.Cc1ccc(C(=O)Oc2cc(F)c(C#N)c(F)c2)cc1.Cc1ccc(C(=O)Oc2ccc(C#N)c(F)c2)cc1. The molecule has 0 unspecified atom stereocenters. The van der Waals surface area contributed by atoms with Gasteiger partial charge in [-0.3, -0.25) is 0 Å². The molecule has 107 heavy (non-hydrogen) atoms. The Labute approximate surface area is 605 Å². The number of rotatable bonds is 8. The maximum atomic E-state index is 13.6. The molecule has 0 radical (unpaired) electrons. The van der Waals surface area contributed by atoms with E-state index in [9.17, 15) is 57.9 Å². The Kier molecular flexibility index (Phi) is 29.9. The summed E-state index contributed by atoms with van der Waals surface area (Å²) in [4.78, 5) is 30.9. The molecule has 3 saturated heterocycles. The van der Waals surface area contributed by atoms with Crippen molar-refractivity contribution in [3.8, 4) is 59.0 Å². The first-order valence-electron chi connectivity index (χ1n) is 31.8. The van der Waals surface area contributed by atoms with Crippen LogP contribution in [0.4, 0.5) is 48.3 Å². The fourth-order valence-corrected chi connectivity index (χ4v) is 9.45. The highest BCUT2D eigenvalue weighted by Crippen LogP contribution is 2.32. The van der Waals surface area contributed by atoms with Crippen molar-refractivity contribution in [1.82, 2.24) is 9.97 Å². The maximum Gasteiger partial charge on any atom is 0.343 e. The molecule has 9 aromatic rings. The van der Waals surface area contributed by atoms with E-state index in [0.29, 0.717) is 50.8 Å². The van der Waals surface area contributed by atoms with E-state index in [2.05, 4.69) is 9.97 Å². The Hall–Kier alpha value is -12.3. The highest BCUT2D eigenvalue weighted by atomic mass is 19.2. The second-order valence-corrected chi connectivity index (χ2v) is 23.9. The first-order chi connectivity index (χ1) is 51.1. The number of aryl methyl sites for hydroxylation is 3. The summed E-state index contributed by atoms with van der Waals surface area (Å²) in [5, 5.41) is 51.3. The minimum atomic E-state index is -1.07. The molecule has 29 heteroatoms. The van der Waals surface area contributed by atoms with Gasteiger partial charge in [0.25, 0.3) is 0 Å². The molecule has 0 atom stereocenters. The molecular formula is C78H59F11N8O10. The Bertz CT molecular complexity index is 4610. The molecule has 0 aliphatic carbocycles. The van der Waals surface area contributed by atoms with Crippen molar-refractivity contribution in [1.29, 1.82) is 31.6 Å². The molecule has 12 rings (SSSR count). The summed E-state index contributed by atoms with van der Waals surface area (Å²) in [7, 11) is 0. The van der Waals surface area contributed by atoms with Crippen molar-refractivity contribution in [3.63, 3.8) is 0 Å². The van der Waals surface area contributed by atoms with Crippen molar-refractivity contribution in [3.05, 3.63) is 282 Å². The third-order valence-electron chi connectivity index (χ3n) is 14.9. The van der Waals surface area contributed by atoms with Crippen LogP contribution < -0.4 is 9.47 Å². The molecule has 18 nitrogen and oxygen atoms in total. The second-order valence-electron chi connectivity index (χ2n) is 23.9. The minimum Gasteiger partial charge on any atom is -0.423 e. The van der Waals surface area contributed by atoms with Crippen LogP contribution in [0.3, 0.4) is 0 Å². The molecule has 3 aliphatic heterocycles. The van der Waals surface area contributed by atoms with Crippen molar-refractivity contribution in [2.75, 3.05) is 39.6 Å². The zero-order valence-corrected chi connectivity index (χ0v) is 57.3. The number of nitrogens with zero attached hydrogens (tertiary/aromatic N) is 8. The van der Waals surface area contributed by atoms with Gasteiger partial charge in [-0.1, -0.05) is 56.2 Å². The lowest BCUT2D eigenvalue weighted by Gasteiger charge is -2.27. The van der Waals surface area contributed by atoms with E-state index >= 15 is 0 Å². The molecule has 0 N–H and O–H groups in total. The summed E-state index contributed by atoms with van der Waals surface area (Å²) in [6, 6.07) is 36.8. The summed E-state index contributed by atoms with van der Waals surface area (Å²) < 4.78 is 189. The third kappa shape index (κ3) is 23.1. The van der Waals surface area contributed by atoms with E-state index in [4.69, 9.17) is 69.5 Å². The standard InChI is InChI=1S/C15H9F2NO2.C15H10FNO2.C12H7F2N3.3C12H11F2NO2/c1-9-2-4-10(5-3-9)15(19)20-11-6-13(16)12(8-18)14(17)7-11;1-10-2-4-11(5-3-10)15(18)19-13-7-6-12(9-17)14(16)8-13;1-7-2-9(13)12(10(14)3-7)8-5-16-11(4-15)17-6-8;3*1-7-5-16-12(17-6-7)8-2-10(13)9(4-15)11(14)3-8/h2-7H,1H3;2-8H,1H3;2-3,5-6H,1H3;3*2-3,7,12H,5-6H2,1H3. The van der Waals surface area contributed by atoms with E-state index in [0.717, 1.165) is 65.7 Å². The Balaban J connectivity index is 0.000000179. The van der Waals surface area contributed by atoms with E-state index in [1.165, 1.54) is 60.9 Å². The predicted octanol–water partition coefficient (Wildman–Crippen LogP) is 16.7. The summed E-state index contributed by atoms with van der Waals surface area (Å²) in [5.74, 6) is -10.3. The molecule has 0 bridgehead atoms. The van der Waals surface area contributed by atoms with Gasteiger partial charge in [-0.15, -0.1) is 0 Å². The van der Waals surface area contributed by atoms with Crippen LogP contribution in [0.2, 0.25) is 0 Å². The minimum absolute atomic E-state index is 0.0401. The van der Waals surface area contributed by atoms with Crippen LogP contribution in [0.5, 0.6) is 11.5 Å². The highest BCUT2D eigenvalue weighted by molar-refractivity contribution is 5.91. The normalized spacial score (nSPS) is 16.8. The Morgan fingerprint density at radius 2 is 0.664 bits per heavy atom. The van der Waals surface area contributed by atoms with Gasteiger partial charge in [0.1, 0.15) is 134 Å². The second kappa shape index (κ2) is 39.0. The van der Waals surface area contributed by atoms with Crippen molar-refractivity contribution >= 4 is 11.9 Å². The fourth-order valence-electron chi connectivity index (χ4n) is 9.45. The van der Waals surface area contributed by atoms with E-state index in [-0.39, 0.29) is 74.0 Å². The predicted molar refractivity (Wildman–Crippen MR) is 356 cm³/mol. The molecule has 1 aromatic heterocycles. The fraction of sp³-hybridized carbons (Fsp3) is 0.231. The topological polar surface area (TPSA) is 276 Å². The number of benzene rings is 8. The van der Waals surface area contributed by atoms with Gasteiger partial charge in [0.05, 0.1) is 61.9 Å². The lowest BCUT2D eigenvalue weighted by molar-refractivity contribution is -0.202. The third-order valence-corrected chi connectivity index (χ3v) is 14.9. The van der Waals surface area contributed by atoms with E-state index in [1.807, 2.05) is 34.6 Å². The highest BCUT2D eigenvalue weighted by Gasteiger charge is 2.27. The van der Waals surface area contributed by atoms with Crippen LogP contribution in [-0.2, 0) is 28.4 Å². The van der Waals surface area contributed by atoms with Gasteiger partial charge in [0.15, 0.2) is 18.9 Å². The number of hydrogen-bond donors (Lipinski definition) is 0. The largest absolute Gasteiger partial charge is 0.423 e. The monoisotopic (exact) mass is 1480 g/mol. The van der Waals surface area contributed by atoms with Crippen molar-refractivity contribution in [2.45, 2.75) is 60.4 Å². The van der Waals surface area contributed by atoms with Gasteiger partial charge < -0.3 is 37.9 Å². The Morgan fingerprint density at radius 1 is 0.364 bits per heavy atom. The number of esters is 2. The summed E-state index contributed by atoms with van der Waals surface area (Å²) in [6.45, 7) is 14.1. The van der Waals surface area contributed by atoms with Gasteiger partial charge >= 0.3 is 11.9 Å². The molecule has 8 aromatic carbocycles. The Morgan fingerprint density at radius 3 is 0.953 bits per heavy atom. The molecule has 3 fully saturated rings. The summed E-state index contributed by atoms with van der Waals surface area (Å²) in [6.07, 6.45) is 0.166. The molecule has 0 spiro atoms. The number of carbonyl (C=O) groups is 2. The number of halogens is 11.